The molecule has 2 rings (SSSR count). The normalized spacial score (nSPS) is 23.1. The monoisotopic (exact) mass is 243 g/mol. The Labute approximate surface area is 93.2 Å². The number of anilines is 3. The number of hydrogen-bond donors (Lipinski definition) is 3. The second kappa shape index (κ2) is 3.78. The first-order chi connectivity index (χ1) is 7.44. The fourth-order valence-electron chi connectivity index (χ4n) is 1.68. The Morgan fingerprint density at radius 2 is 2.12 bits per heavy atom. The van der Waals surface area contributed by atoms with E-state index in [1.54, 1.807) is 0 Å². The number of nitrogens with two attached hydrogens (primary N) is 2. The van der Waals surface area contributed by atoms with Gasteiger partial charge in [0.15, 0.2) is 9.84 Å². The van der Waals surface area contributed by atoms with Crippen LogP contribution in [0.2, 0.25) is 0 Å². The smallest absolute Gasteiger partial charge is 0.223 e. The van der Waals surface area contributed by atoms with E-state index in [4.69, 9.17) is 11.5 Å². The quantitative estimate of drug-likeness (QED) is 0.623. The Morgan fingerprint density at radius 3 is 2.69 bits per heavy atom. The predicted octanol–water partition coefficient (Wildman–Crippen LogP) is -0.760. The van der Waals surface area contributed by atoms with E-state index < -0.39 is 9.84 Å². The second-order valence-electron chi connectivity index (χ2n) is 3.78. The van der Waals surface area contributed by atoms with Crippen LogP contribution >= 0.6 is 0 Å². The average molecular weight is 243 g/mol. The van der Waals surface area contributed by atoms with E-state index in [0.29, 0.717) is 12.2 Å². The van der Waals surface area contributed by atoms with Crippen molar-refractivity contribution in [1.82, 2.24) is 9.97 Å². The first kappa shape index (κ1) is 10.9. The number of hydrogen-bond acceptors (Lipinski definition) is 7. The largest absolute Gasteiger partial charge is 0.383 e. The highest BCUT2D eigenvalue weighted by Crippen LogP contribution is 2.17. The van der Waals surface area contributed by atoms with E-state index in [2.05, 4.69) is 15.3 Å². The molecule has 1 saturated heterocycles. The van der Waals surface area contributed by atoms with E-state index >= 15 is 0 Å². The molecule has 0 spiro atoms. The van der Waals surface area contributed by atoms with Gasteiger partial charge in [-0.3, -0.25) is 0 Å². The van der Waals surface area contributed by atoms with Gasteiger partial charge < -0.3 is 16.8 Å². The predicted molar refractivity (Wildman–Crippen MR) is 61.5 cm³/mol. The van der Waals surface area contributed by atoms with Crippen LogP contribution in [0.25, 0.3) is 0 Å². The van der Waals surface area contributed by atoms with Crippen molar-refractivity contribution in [3.05, 3.63) is 6.07 Å². The number of nitrogen functional groups attached to an aromatic ring is 2. The van der Waals surface area contributed by atoms with Gasteiger partial charge in [-0.2, -0.15) is 9.97 Å². The lowest BCUT2D eigenvalue weighted by Gasteiger charge is -2.11. The molecule has 0 radical (unpaired) electrons. The summed E-state index contributed by atoms with van der Waals surface area (Å²) in [6, 6.07) is 1.40. The Hall–Kier alpha value is -1.57. The molecular weight excluding hydrogens is 230 g/mol. The zero-order valence-electron chi connectivity index (χ0n) is 8.55. The number of nitrogens with zero attached hydrogens (tertiary/aromatic N) is 2. The molecule has 1 aromatic heterocycles. The molecule has 1 aromatic rings. The molecular formula is C8H13N5O2S. The molecule has 0 aliphatic carbocycles. The molecule has 0 amide bonds. The van der Waals surface area contributed by atoms with Crippen LogP contribution in [0, 0.1) is 0 Å². The van der Waals surface area contributed by atoms with Crippen molar-refractivity contribution < 1.29 is 8.42 Å². The molecule has 1 aliphatic heterocycles. The van der Waals surface area contributed by atoms with Crippen molar-refractivity contribution in [2.24, 2.45) is 0 Å². The molecule has 5 N–H and O–H groups in total. The number of sulfone groups is 1. The summed E-state index contributed by atoms with van der Waals surface area (Å²) in [6.45, 7) is 0. The standard InChI is InChI=1S/C8H13N5O2S/c9-6-3-7(13-8(10)12-6)11-5-1-2-16(14,15)4-5/h3,5H,1-2,4H2,(H5,9,10,11,12,13). The summed E-state index contributed by atoms with van der Waals surface area (Å²) in [5.41, 5.74) is 10.9. The van der Waals surface area contributed by atoms with E-state index in [1.807, 2.05) is 0 Å². The molecule has 1 fully saturated rings. The van der Waals surface area contributed by atoms with Crippen molar-refractivity contribution in [3.8, 4) is 0 Å². The zero-order chi connectivity index (χ0) is 11.8. The van der Waals surface area contributed by atoms with Crippen molar-refractivity contribution in [1.29, 1.82) is 0 Å². The van der Waals surface area contributed by atoms with Crippen LogP contribution < -0.4 is 16.8 Å². The third-order valence-corrected chi connectivity index (χ3v) is 4.12. The van der Waals surface area contributed by atoms with Gasteiger partial charge in [-0.05, 0) is 6.42 Å². The van der Waals surface area contributed by atoms with Gasteiger partial charge in [-0.15, -0.1) is 0 Å². The number of nitrogens with one attached hydrogen (secondary N) is 1. The Kier molecular flexibility index (Phi) is 2.58. The molecule has 1 aliphatic rings. The highest BCUT2D eigenvalue weighted by atomic mass is 32.2. The summed E-state index contributed by atoms with van der Waals surface area (Å²) in [5.74, 6) is 1.13. The minimum atomic E-state index is -2.90. The summed E-state index contributed by atoms with van der Waals surface area (Å²) in [5, 5.41) is 2.99. The van der Waals surface area contributed by atoms with E-state index in [1.165, 1.54) is 6.07 Å². The summed E-state index contributed by atoms with van der Waals surface area (Å²) in [6.07, 6.45) is 0.576. The van der Waals surface area contributed by atoms with Crippen LogP contribution in [0.3, 0.4) is 0 Å². The lowest BCUT2D eigenvalue weighted by Crippen LogP contribution is -2.21. The molecule has 0 bridgehead atoms. The molecule has 2 heterocycles. The summed E-state index contributed by atoms with van der Waals surface area (Å²) >= 11 is 0. The Bertz CT molecular complexity index is 481. The van der Waals surface area contributed by atoms with Crippen molar-refractivity contribution in [2.75, 3.05) is 28.3 Å². The molecule has 1 atom stereocenters. The fourth-order valence-corrected chi connectivity index (χ4v) is 3.35. The zero-order valence-corrected chi connectivity index (χ0v) is 9.37. The molecule has 0 saturated carbocycles. The molecule has 16 heavy (non-hydrogen) atoms. The SMILES string of the molecule is Nc1cc(NC2CCS(=O)(=O)C2)nc(N)n1. The first-order valence-electron chi connectivity index (χ1n) is 4.81. The third kappa shape index (κ3) is 2.51. The maximum atomic E-state index is 11.2. The van der Waals surface area contributed by atoms with Crippen molar-refractivity contribution in [2.45, 2.75) is 12.5 Å². The van der Waals surface area contributed by atoms with Crippen molar-refractivity contribution >= 4 is 27.4 Å². The lowest BCUT2D eigenvalue weighted by atomic mass is 10.2. The van der Waals surface area contributed by atoms with Gasteiger partial charge in [0.05, 0.1) is 11.5 Å². The number of aromatic nitrogens is 2. The minimum absolute atomic E-state index is 0.0726. The summed E-state index contributed by atoms with van der Waals surface area (Å²) < 4.78 is 22.5. The first-order valence-corrected chi connectivity index (χ1v) is 6.64. The van der Waals surface area contributed by atoms with Gasteiger partial charge >= 0.3 is 0 Å². The lowest BCUT2D eigenvalue weighted by molar-refractivity contribution is 0.602. The van der Waals surface area contributed by atoms with Crippen molar-refractivity contribution in [3.63, 3.8) is 0 Å². The van der Waals surface area contributed by atoms with Gasteiger partial charge in [-0.1, -0.05) is 0 Å². The van der Waals surface area contributed by atoms with Crippen LogP contribution in [-0.2, 0) is 9.84 Å². The molecule has 7 nitrogen and oxygen atoms in total. The van der Waals surface area contributed by atoms with Crippen LogP contribution in [0.4, 0.5) is 17.6 Å². The molecule has 0 aromatic carbocycles. The van der Waals surface area contributed by atoms with E-state index in [-0.39, 0.29) is 29.3 Å². The Balaban J connectivity index is 2.10. The average Bonchev–Trinajstić information content (AvgIpc) is 2.43. The third-order valence-electron chi connectivity index (χ3n) is 2.35. The van der Waals surface area contributed by atoms with Gasteiger partial charge in [0.1, 0.15) is 11.6 Å². The van der Waals surface area contributed by atoms with Gasteiger partial charge in [0.2, 0.25) is 5.95 Å². The topological polar surface area (TPSA) is 124 Å². The highest BCUT2D eigenvalue weighted by molar-refractivity contribution is 7.91. The van der Waals surface area contributed by atoms with Crippen LogP contribution in [0.15, 0.2) is 6.07 Å². The maximum Gasteiger partial charge on any atom is 0.223 e. The van der Waals surface area contributed by atoms with E-state index in [0.717, 1.165) is 0 Å². The van der Waals surface area contributed by atoms with Gasteiger partial charge in [-0.25, -0.2) is 8.42 Å². The Morgan fingerprint density at radius 1 is 1.38 bits per heavy atom. The molecule has 8 heteroatoms. The van der Waals surface area contributed by atoms with Crippen LogP contribution in [-0.4, -0.2) is 35.9 Å². The summed E-state index contributed by atoms with van der Waals surface area (Å²) in [4.78, 5) is 7.65. The van der Waals surface area contributed by atoms with E-state index in [9.17, 15) is 8.42 Å². The molecule has 88 valence electrons. The second-order valence-corrected chi connectivity index (χ2v) is 6.01. The van der Waals surface area contributed by atoms with Crippen LogP contribution in [0.1, 0.15) is 6.42 Å². The number of rotatable bonds is 2. The van der Waals surface area contributed by atoms with Gasteiger partial charge in [0, 0.05) is 12.1 Å². The fraction of sp³-hybridized carbons (Fsp3) is 0.500. The summed E-state index contributed by atoms with van der Waals surface area (Å²) in [7, 11) is -2.90. The highest BCUT2D eigenvalue weighted by Gasteiger charge is 2.27. The minimum Gasteiger partial charge on any atom is -0.383 e. The van der Waals surface area contributed by atoms with Gasteiger partial charge in [0.25, 0.3) is 0 Å². The maximum absolute atomic E-state index is 11.2. The molecule has 1 unspecified atom stereocenters. The van der Waals surface area contributed by atoms with Crippen LogP contribution in [0.5, 0.6) is 0 Å².